The van der Waals surface area contributed by atoms with Gasteiger partial charge in [0.05, 0.1) is 0 Å². The van der Waals surface area contributed by atoms with Gasteiger partial charge in [-0.2, -0.15) is 0 Å². The number of benzene rings is 1. The highest BCUT2D eigenvalue weighted by atomic mass is 127. The second-order valence-corrected chi connectivity index (χ2v) is 4.82. The van der Waals surface area contributed by atoms with Gasteiger partial charge >= 0.3 is 0 Å². The molecule has 1 aromatic carbocycles. The van der Waals surface area contributed by atoms with Crippen LogP contribution in [0.4, 0.5) is 5.82 Å². The number of aromatic nitrogens is 1. The topological polar surface area (TPSA) is 52.0 Å². The zero-order valence-corrected chi connectivity index (χ0v) is 10.7. The van der Waals surface area contributed by atoms with Gasteiger partial charge in [-0.15, -0.1) is 0 Å². The molecule has 2 aromatic rings. The molecule has 14 heavy (non-hydrogen) atoms. The average Bonchev–Trinajstić information content (AvgIpc) is 2.56. The van der Waals surface area contributed by atoms with Gasteiger partial charge in [-0.25, -0.2) is 0 Å². The average molecular weight is 365 g/mol. The van der Waals surface area contributed by atoms with Gasteiger partial charge in [-0.05, 0) is 40.8 Å². The van der Waals surface area contributed by atoms with E-state index in [1.165, 1.54) is 0 Å². The highest BCUT2D eigenvalue weighted by molar-refractivity contribution is 14.1. The Morgan fingerprint density at radius 3 is 2.79 bits per heavy atom. The van der Waals surface area contributed by atoms with Gasteiger partial charge in [0, 0.05) is 19.7 Å². The Balaban J connectivity index is 2.55. The van der Waals surface area contributed by atoms with E-state index in [1.54, 1.807) is 6.07 Å². The Hall–Kier alpha value is -0.560. The maximum atomic E-state index is 5.49. The summed E-state index contributed by atoms with van der Waals surface area (Å²) in [6, 6.07) is 7.66. The van der Waals surface area contributed by atoms with E-state index in [2.05, 4.69) is 43.7 Å². The summed E-state index contributed by atoms with van der Waals surface area (Å²) in [6.45, 7) is 0. The molecular weight excluding hydrogens is 359 g/mol. The maximum Gasteiger partial charge on any atom is 0.170 e. The number of nitrogen functional groups attached to an aromatic ring is 1. The smallest absolute Gasteiger partial charge is 0.170 e. The number of nitrogens with zero attached hydrogens (tertiary/aromatic N) is 1. The SMILES string of the molecule is Nc1cc(-c2cc(Br)ccc2I)on1. The molecule has 1 heterocycles. The summed E-state index contributed by atoms with van der Waals surface area (Å²) in [7, 11) is 0. The lowest BCUT2D eigenvalue weighted by Crippen LogP contribution is -1.81. The summed E-state index contributed by atoms with van der Waals surface area (Å²) in [5, 5.41) is 3.65. The maximum absolute atomic E-state index is 5.49. The van der Waals surface area contributed by atoms with Gasteiger partial charge in [0.15, 0.2) is 11.6 Å². The molecule has 0 aliphatic heterocycles. The van der Waals surface area contributed by atoms with Crippen LogP contribution in [0.15, 0.2) is 33.3 Å². The standard InChI is InChI=1S/C9H6BrIN2O/c10-5-1-2-7(11)6(3-5)8-4-9(12)13-14-8/h1-4H,(H2,12,13). The van der Waals surface area contributed by atoms with E-state index in [0.29, 0.717) is 11.6 Å². The summed E-state index contributed by atoms with van der Waals surface area (Å²) >= 11 is 5.64. The molecule has 0 aliphatic rings. The van der Waals surface area contributed by atoms with Crippen molar-refractivity contribution in [2.24, 2.45) is 0 Å². The van der Waals surface area contributed by atoms with Crippen molar-refractivity contribution in [3.63, 3.8) is 0 Å². The Bertz CT molecular complexity index is 470. The molecule has 2 N–H and O–H groups in total. The third-order valence-corrected chi connectivity index (χ3v) is 3.16. The summed E-state index contributed by atoms with van der Waals surface area (Å²) in [6.07, 6.45) is 0. The van der Waals surface area contributed by atoms with E-state index >= 15 is 0 Å². The normalized spacial score (nSPS) is 10.4. The lowest BCUT2D eigenvalue weighted by Gasteiger charge is -1.99. The predicted molar refractivity (Wildman–Crippen MR) is 66.8 cm³/mol. The van der Waals surface area contributed by atoms with Crippen molar-refractivity contribution < 1.29 is 4.52 Å². The number of anilines is 1. The third-order valence-electron chi connectivity index (χ3n) is 1.72. The quantitative estimate of drug-likeness (QED) is 0.790. The fraction of sp³-hybridized carbons (Fsp3) is 0. The van der Waals surface area contributed by atoms with Crippen LogP contribution in [0.3, 0.4) is 0 Å². The first-order valence-electron chi connectivity index (χ1n) is 3.84. The van der Waals surface area contributed by atoms with Crippen molar-refractivity contribution in [1.82, 2.24) is 5.16 Å². The molecule has 72 valence electrons. The summed E-state index contributed by atoms with van der Waals surface area (Å²) in [5.41, 5.74) is 6.48. The molecule has 2 rings (SSSR count). The molecular formula is C9H6BrIN2O. The van der Waals surface area contributed by atoms with Crippen LogP contribution in [0.2, 0.25) is 0 Å². The molecule has 0 fully saturated rings. The zero-order valence-electron chi connectivity index (χ0n) is 7.00. The molecule has 0 unspecified atom stereocenters. The van der Waals surface area contributed by atoms with E-state index in [0.717, 1.165) is 13.6 Å². The summed E-state index contributed by atoms with van der Waals surface area (Å²) in [4.78, 5) is 0. The molecule has 0 amide bonds. The van der Waals surface area contributed by atoms with Crippen LogP contribution < -0.4 is 5.73 Å². The van der Waals surface area contributed by atoms with Crippen LogP contribution in [0.5, 0.6) is 0 Å². The summed E-state index contributed by atoms with van der Waals surface area (Å²) < 4.78 is 7.19. The molecule has 1 aromatic heterocycles. The molecule has 0 spiro atoms. The fourth-order valence-electron chi connectivity index (χ4n) is 1.10. The second kappa shape index (κ2) is 3.90. The van der Waals surface area contributed by atoms with Gasteiger partial charge in [-0.3, -0.25) is 0 Å². The Morgan fingerprint density at radius 2 is 2.14 bits per heavy atom. The molecule has 0 radical (unpaired) electrons. The summed E-state index contributed by atoms with van der Waals surface area (Å²) in [5.74, 6) is 1.09. The van der Waals surface area contributed by atoms with Gasteiger partial charge in [0.25, 0.3) is 0 Å². The van der Waals surface area contributed by atoms with Crippen molar-refractivity contribution >= 4 is 44.3 Å². The van der Waals surface area contributed by atoms with E-state index in [-0.39, 0.29) is 0 Å². The van der Waals surface area contributed by atoms with E-state index in [1.807, 2.05) is 18.2 Å². The van der Waals surface area contributed by atoms with Crippen molar-refractivity contribution in [3.8, 4) is 11.3 Å². The van der Waals surface area contributed by atoms with Crippen molar-refractivity contribution in [2.45, 2.75) is 0 Å². The van der Waals surface area contributed by atoms with E-state index in [9.17, 15) is 0 Å². The highest BCUT2D eigenvalue weighted by Gasteiger charge is 2.08. The van der Waals surface area contributed by atoms with Crippen molar-refractivity contribution in [1.29, 1.82) is 0 Å². The molecule has 0 bridgehead atoms. The minimum absolute atomic E-state index is 0.399. The van der Waals surface area contributed by atoms with Crippen LogP contribution in [0.25, 0.3) is 11.3 Å². The molecule has 0 aliphatic carbocycles. The minimum Gasteiger partial charge on any atom is -0.381 e. The molecule has 3 nitrogen and oxygen atoms in total. The van der Waals surface area contributed by atoms with Gasteiger partial charge in [0.1, 0.15) is 0 Å². The molecule has 0 saturated carbocycles. The van der Waals surface area contributed by atoms with Gasteiger partial charge in [0.2, 0.25) is 0 Å². The van der Waals surface area contributed by atoms with E-state index < -0.39 is 0 Å². The number of halogens is 2. The Morgan fingerprint density at radius 1 is 1.36 bits per heavy atom. The highest BCUT2D eigenvalue weighted by Crippen LogP contribution is 2.29. The first kappa shape index (κ1) is 9.97. The van der Waals surface area contributed by atoms with Crippen LogP contribution in [-0.4, -0.2) is 5.16 Å². The van der Waals surface area contributed by atoms with Crippen LogP contribution in [0, 0.1) is 3.57 Å². The van der Waals surface area contributed by atoms with Crippen LogP contribution in [-0.2, 0) is 0 Å². The number of nitrogens with two attached hydrogens (primary N) is 1. The lowest BCUT2D eigenvalue weighted by atomic mass is 10.2. The van der Waals surface area contributed by atoms with Gasteiger partial charge < -0.3 is 10.3 Å². The first-order chi connectivity index (χ1) is 6.66. The Kier molecular flexibility index (Phi) is 2.78. The fourth-order valence-corrected chi connectivity index (χ4v) is 2.06. The number of rotatable bonds is 1. The van der Waals surface area contributed by atoms with Crippen molar-refractivity contribution in [3.05, 3.63) is 32.3 Å². The number of hydrogen-bond donors (Lipinski definition) is 1. The van der Waals surface area contributed by atoms with Crippen LogP contribution >= 0.6 is 38.5 Å². The third kappa shape index (κ3) is 1.93. The first-order valence-corrected chi connectivity index (χ1v) is 5.71. The van der Waals surface area contributed by atoms with Crippen molar-refractivity contribution in [2.75, 3.05) is 5.73 Å². The monoisotopic (exact) mass is 364 g/mol. The second-order valence-electron chi connectivity index (χ2n) is 2.74. The molecule has 0 atom stereocenters. The zero-order chi connectivity index (χ0) is 10.1. The number of hydrogen-bond acceptors (Lipinski definition) is 3. The van der Waals surface area contributed by atoms with Gasteiger partial charge in [-0.1, -0.05) is 21.1 Å². The molecule has 0 saturated heterocycles. The Labute approximate surface area is 103 Å². The predicted octanol–water partition coefficient (Wildman–Crippen LogP) is 3.29. The lowest BCUT2D eigenvalue weighted by molar-refractivity contribution is 0.435. The largest absolute Gasteiger partial charge is 0.381 e. The van der Waals surface area contributed by atoms with Crippen LogP contribution in [0.1, 0.15) is 0 Å². The minimum atomic E-state index is 0.399. The van der Waals surface area contributed by atoms with E-state index in [4.69, 9.17) is 10.3 Å². The molecule has 5 heteroatoms.